The lowest BCUT2D eigenvalue weighted by Crippen LogP contribution is -2.14. The molecule has 0 amide bonds. The molecule has 0 N–H and O–H groups in total. The highest BCUT2D eigenvalue weighted by atomic mass is 16.5. The van der Waals surface area contributed by atoms with Crippen LogP contribution < -0.4 is 10.4 Å². The lowest BCUT2D eigenvalue weighted by molar-refractivity contribution is 0.296. The summed E-state index contributed by atoms with van der Waals surface area (Å²) >= 11 is 0. The van der Waals surface area contributed by atoms with Crippen LogP contribution in [0.4, 0.5) is 0 Å². The predicted molar refractivity (Wildman–Crippen MR) is 48.4 cm³/mol. The van der Waals surface area contributed by atoms with Crippen molar-refractivity contribution in [2.75, 3.05) is 0 Å². The fourth-order valence-electron chi connectivity index (χ4n) is 1.78. The fourth-order valence-corrected chi connectivity index (χ4v) is 1.78. The fraction of sp³-hybridized carbons (Fsp3) is 0.0909. The summed E-state index contributed by atoms with van der Waals surface area (Å²) in [6.07, 6.45) is 8.20. The van der Waals surface area contributed by atoms with Gasteiger partial charge in [0.2, 0.25) is 0 Å². The first-order chi connectivity index (χ1) is 5.95. The van der Waals surface area contributed by atoms with Crippen molar-refractivity contribution in [2.45, 2.75) is 6.61 Å². The molecule has 1 aliphatic heterocycles. The summed E-state index contributed by atoms with van der Waals surface area (Å²) in [5.41, 5.74) is 2.67. The van der Waals surface area contributed by atoms with Crippen molar-refractivity contribution in [3.8, 4) is 0 Å². The zero-order valence-corrected chi connectivity index (χ0v) is 6.58. The second-order valence-corrected chi connectivity index (χ2v) is 3.09. The number of benzene rings is 1. The first-order valence-electron chi connectivity index (χ1n) is 4.07. The summed E-state index contributed by atoms with van der Waals surface area (Å²) in [6, 6.07) is 4.25. The zero-order chi connectivity index (χ0) is 7.97. The average molecular weight is 156 g/mol. The lowest BCUT2D eigenvalue weighted by atomic mass is 10.1. The van der Waals surface area contributed by atoms with E-state index < -0.39 is 0 Å². The van der Waals surface area contributed by atoms with Crippen molar-refractivity contribution in [1.82, 2.24) is 0 Å². The normalized spacial score (nSPS) is 16.0. The van der Waals surface area contributed by atoms with Crippen LogP contribution in [0.3, 0.4) is 0 Å². The topological polar surface area (TPSA) is 9.23 Å². The molecule has 1 heterocycles. The van der Waals surface area contributed by atoms with E-state index in [1.165, 1.54) is 21.6 Å². The van der Waals surface area contributed by atoms with Crippen molar-refractivity contribution in [1.29, 1.82) is 0 Å². The maximum absolute atomic E-state index is 5.27. The third kappa shape index (κ3) is 0.632. The molecule has 12 heavy (non-hydrogen) atoms. The van der Waals surface area contributed by atoms with E-state index in [0.717, 1.165) is 6.61 Å². The van der Waals surface area contributed by atoms with Crippen molar-refractivity contribution < 1.29 is 4.74 Å². The Morgan fingerprint density at radius 2 is 2.08 bits per heavy atom. The molecule has 0 unspecified atom stereocenters. The van der Waals surface area contributed by atoms with Crippen LogP contribution in [0.1, 0.15) is 11.1 Å². The zero-order valence-electron chi connectivity index (χ0n) is 6.58. The summed E-state index contributed by atoms with van der Waals surface area (Å²) in [5, 5.41) is 2.54. The van der Waals surface area contributed by atoms with Crippen LogP contribution in [0.25, 0.3) is 18.4 Å². The molecule has 1 aliphatic carbocycles. The number of rotatable bonds is 0. The van der Waals surface area contributed by atoms with Gasteiger partial charge >= 0.3 is 0 Å². The molecule has 0 saturated heterocycles. The van der Waals surface area contributed by atoms with Crippen LogP contribution in [-0.4, -0.2) is 0 Å². The minimum Gasteiger partial charge on any atom is -0.496 e. The molecule has 0 aromatic heterocycles. The van der Waals surface area contributed by atoms with Gasteiger partial charge in [0, 0.05) is 10.8 Å². The van der Waals surface area contributed by atoms with Gasteiger partial charge in [0.05, 0.1) is 6.26 Å². The first-order valence-corrected chi connectivity index (χ1v) is 4.07. The molecular formula is C11H8O. The highest BCUT2D eigenvalue weighted by Gasteiger charge is 2.09. The molecule has 2 aliphatic rings. The van der Waals surface area contributed by atoms with Crippen LogP contribution in [0.2, 0.25) is 0 Å². The number of hydrogen-bond donors (Lipinski definition) is 0. The molecule has 1 heteroatoms. The third-order valence-corrected chi connectivity index (χ3v) is 2.40. The molecule has 0 saturated carbocycles. The Morgan fingerprint density at radius 1 is 1.17 bits per heavy atom. The molecule has 0 bridgehead atoms. The van der Waals surface area contributed by atoms with E-state index in [2.05, 4.69) is 30.4 Å². The van der Waals surface area contributed by atoms with Gasteiger partial charge in [-0.15, -0.1) is 0 Å². The summed E-state index contributed by atoms with van der Waals surface area (Å²) in [4.78, 5) is 0. The monoisotopic (exact) mass is 156 g/mol. The van der Waals surface area contributed by atoms with Crippen LogP contribution in [0.5, 0.6) is 0 Å². The van der Waals surface area contributed by atoms with Crippen LogP contribution >= 0.6 is 0 Å². The molecule has 0 spiro atoms. The van der Waals surface area contributed by atoms with E-state index in [1.54, 1.807) is 0 Å². The van der Waals surface area contributed by atoms with Gasteiger partial charge in [-0.3, -0.25) is 0 Å². The molecule has 1 aromatic rings. The summed E-state index contributed by atoms with van der Waals surface area (Å²) in [7, 11) is 0. The van der Waals surface area contributed by atoms with E-state index in [4.69, 9.17) is 4.74 Å². The van der Waals surface area contributed by atoms with Gasteiger partial charge < -0.3 is 4.74 Å². The van der Waals surface area contributed by atoms with E-state index in [0.29, 0.717) is 0 Å². The van der Waals surface area contributed by atoms with Gasteiger partial charge in [0.15, 0.2) is 0 Å². The second kappa shape index (κ2) is 2.01. The SMILES string of the molecule is C1=Cc2c3c(ccc2=C1)=COC3. The maximum atomic E-state index is 5.27. The van der Waals surface area contributed by atoms with E-state index in [1.807, 2.05) is 6.26 Å². The van der Waals surface area contributed by atoms with Gasteiger partial charge in [-0.2, -0.15) is 0 Å². The summed E-state index contributed by atoms with van der Waals surface area (Å²) < 4.78 is 5.27. The minimum atomic E-state index is 0.733. The van der Waals surface area contributed by atoms with Gasteiger partial charge in [0.1, 0.15) is 6.61 Å². The second-order valence-electron chi connectivity index (χ2n) is 3.09. The molecule has 58 valence electrons. The molecule has 0 atom stereocenters. The Morgan fingerprint density at radius 3 is 3.08 bits per heavy atom. The number of allylic oxidation sites excluding steroid dienone is 1. The van der Waals surface area contributed by atoms with Crippen LogP contribution in [0.15, 0.2) is 18.2 Å². The minimum absolute atomic E-state index is 0.733. The van der Waals surface area contributed by atoms with Crippen LogP contribution in [0, 0.1) is 0 Å². The quantitative estimate of drug-likeness (QED) is 0.539. The Kier molecular flexibility index (Phi) is 1.01. The highest BCUT2D eigenvalue weighted by molar-refractivity contribution is 5.69. The standard InChI is InChI=1S/C11H8O/c1-2-8-4-5-9-6-12-7-11(9)10(8)3-1/h1-6H,7H2. The van der Waals surface area contributed by atoms with Crippen molar-refractivity contribution in [2.24, 2.45) is 0 Å². The number of fused-ring (bicyclic) bond motifs is 3. The summed E-state index contributed by atoms with van der Waals surface area (Å²) in [6.45, 7) is 0.733. The largest absolute Gasteiger partial charge is 0.496 e. The van der Waals surface area contributed by atoms with Crippen molar-refractivity contribution >= 4 is 18.4 Å². The molecular weight excluding hydrogens is 148 g/mol. The number of hydrogen-bond acceptors (Lipinski definition) is 1. The number of ether oxygens (including phenoxy) is 1. The van der Waals surface area contributed by atoms with E-state index in [-0.39, 0.29) is 0 Å². The average Bonchev–Trinajstić information content (AvgIpc) is 2.71. The molecule has 1 aromatic carbocycles. The van der Waals surface area contributed by atoms with Gasteiger partial charge in [-0.05, 0) is 10.8 Å². The lowest BCUT2D eigenvalue weighted by Gasteiger charge is -1.98. The highest BCUT2D eigenvalue weighted by Crippen LogP contribution is 2.11. The van der Waals surface area contributed by atoms with E-state index >= 15 is 0 Å². The maximum Gasteiger partial charge on any atom is 0.114 e. The molecule has 0 fully saturated rings. The molecule has 3 rings (SSSR count). The van der Waals surface area contributed by atoms with Crippen molar-refractivity contribution in [3.63, 3.8) is 0 Å². The summed E-state index contributed by atoms with van der Waals surface area (Å²) in [5.74, 6) is 0. The first kappa shape index (κ1) is 6.06. The Labute approximate surface area is 70.3 Å². The smallest absolute Gasteiger partial charge is 0.114 e. The predicted octanol–water partition coefficient (Wildman–Crippen LogP) is 0.762. The van der Waals surface area contributed by atoms with E-state index in [9.17, 15) is 0 Å². The third-order valence-electron chi connectivity index (χ3n) is 2.40. The molecule has 1 nitrogen and oxygen atoms in total. The van der Waals surface area contributed by atoms with Gasteiger partial charge in [0.25, 0.3) is 0 Å². The Balaban J connectivity index is 2.50. The van der Waals surface area contributed by atoms with Crippen LogP contribution in [-0.2, 0) is 11.3 Å². The molecule has 0 radical (unpaired) electrons. The Hall–Kier alpha value is -1.50. The van der Waals surface area contributed by atoms with Crippen molar-refractivity contribution in [3.05, 3.63) is 39.8 Å². The van der Waals surface area contributed by atoms with Gasteiger partial charge in [-0.1, -0.05) is 30.4 Å². The van der Waals surface area contributed by atoms with Gasteiger partial charge in [-0.25, -0.2) is 0 Å². The Bertz CT molecular complexity index is 480.